The van der Waals surface area contributed by atoms with Crippen molar-refractivity contribution in [2.75, 3.05) is 5.32 Å². The largest absolute Gasteiger partial charge is 0.489 e. The highest BCUT2D eigenvalue weighted by Gasteiger charge is 2.33. The number of benzene rings is 3. The summed E-state index contributed by atoms with van der Waals surface area (Å²) in [5.41, 5.74) is 1.13. The summed E-state index contributed by atoms with van der Waals surface area (Å²) >= 11 is 0. The van der Waals surface area contributed by atoms with Gasteiger partial charge in [0.1, 0.15) is 12.4 Å². The highest BCUT2D eigenvalue weighted by atomic mass is 19.4. The molecule has 1 aliphatic rings. The Labute approximate surface area is 199 Å². The molecule has 0 aromatic heterocycles. The van der Waals surface area contributed by atoms with Gasteiger partial charge in [0.15, 0.2) is 0 Å². The summed E-state index contributed by atoms with van der Waals surface area (Å²) in [4.78, 5) is 25.3. The number of hydrogen-bond donors (Lipinski definition) is 3. The molecule has 35 heavy (non-hydrogen) atoms. The standard InChI is InChI=1S/C26H22F3N3O3/c1-16-22(24(33)31-20-11-6-10-19(14-20)26(27,28)29)23(32-25(34)30-16)18-9-5-12-21(13-18)35-15-17-7-3-2-4-8-17/h2-14,23H,15H2,1H3,(H,31,33)(H2,30,32,34). The van der Waals surface area contributed by atoms with Crippen LogP contribution in [-0.2, 0) is 17.6 Å². The van der Waals surface area contributed by atoms with Gasteiger partial charge in [0.05, 0.1) is 17.2 Å². The molecular formula is C26H22F3N3O3. The van der Waals surface area contributed by atoms with Crippen LogP contribution in [0.1, 0.15) is 29.7 Å². The van der Waals surface area contributed by atoms with E-state index in [9.17, 15) is 22.8 Å². The number of allylic oxidation sites excluding steroid dienone is 1. The molecule has 3 aromatic rings. The molecule has 3 aromatic carbocycles. The van der Waals surface area contributed by atoms with Gasteiger partial charge in [-0.3, -0.25) is 4.79 Å². The van der Waals surface area contributed by atoms with Crippen molar-refractivity contribution in [2.24, 2.45) is 0 Å². The van der Waals surface area contributed by atoms with Crippen molar-refractivity contribution in [3.05, 3.63) is 107 Å². The van der Waals surface area contributed by atoms with E-state index in [0.717, 1.165) is 17.7 Å². The van der Waals surface area contributed by atoms with Crippen LogP contribution in [0, 0.1) is 0 Å². The smallest absolute Gasteiger partial charge is 0.416 e. The van der Waals surface area contributed by atoms with E-state index in [1.165, 1.54) is 12.1 Å². The molecule has 0 radical (unpaired) electrons. The molecule has 6 nitrogen and oxygen atoms in total. The molecular weight excluding hydrogens is 459 g/mol. The van der Waals surface area contributed by atoms with Gasteiger partial charge in [-0.1, -0.05) is 48.5 Å². The first-order valence-electron chi connectivity index (χ1n) is 10.7. The number of urea groups is 1. The van der Waals surface area contributed by atoms with Crippen LogP contribution in [0.25, 0.3) is 0 Å². The molecule has 0 bridgehead atoms. The lowest BCUT2D eigenvalue weighted by molar-refractivity contribution is -0.137. The van der Waals surface area contributed by atoms with E-state index in [1.807, 2.05) is 30.3 Å². The Morgan fingerprint density at radius 3 is 2.49 bits per heavy atom. The van der Waals surface area contributed by atoms with Crippen LogP contribution in [0.5, 0.6) is 5.75 Å². The topological polar surface area (TPSA) is 79.5 Å². The molecule has 180 valence electrons. The van der Waals surface area contributed by atoms with E-state index < -0.39 is 29.7 Å². The van der Waals surface area contributed by atoms with Crippen molar-refractivity contribution in [3.8, 4) is 5.75 Å². The SMILES string of the molecule is CC1=C(C(=O)Nc2cccc(C(F)(F)F)c2)C(c2cccc(OCc3ccccc3)c2)NC(=O)N1. The minimum atomic E-state index is -4.54. The number of carbonyl (C=O) groups excluding carboxylic acids is 2. The number of amides is 3. The van der Waals surface area contributed by atoms with Gasteiger partial charge in [-0.05, 0) is 48.4 Å². The second-order valence-electron chi connectivity index (χ2n) is 7.95. The number of rotatable bonds is 6. The maximum absolute atomic E-state index is 13.2. The number of ether oxygens (including phenoxy) is 1. The van der Waals surface area contributed by atoms with E-state index >= 15 is 0 Å². The van der Waals surface area contributed by atoms with Crippen LogP contribution < -0.4 is 20.7 Å². The Balaban J connectivity index is 1.58. The van der Waals surface area contributed by atoms with Gasteiger partial charge in [-0.25, -0.2) is 4.79 Å². The van der Waals surface area contributed by atoms with Crippen molar-refractivity contribution >= 4 is 17.6 Å². The Morgan fingerprint density at radius 1 is 1.00 bits per heavy atom. The average Bonchev–Trinajstić information content (AvgIpc) is 2.82. The first-order valence-corrected chi connectivity index (χ1v) is 10.7. The first-order chi connectivity index (χ1) is 16.7. The van der Waals surface area contributed by atoms with Crippen LogP contribution >= 0.6 is 0 Å². The Hall–Kier alpha value is -4.27. The van der Waals surface area contributed by atoms with E-state index in [0.29, 0.717) is 23.6 Å². The third-order valence-corrected chi connectivity index (χ3v) is 5.40. The monoisotopic (exact) mass is 481 g/mol. The molecule has 0 saturated carbocycles. The Bertz CT molecular complexity index is 1270. The second kappa shape index (κ2) is 9.92. The van der Waals surface area contributed by atoms with Crippen LogP contribution in [0.15, 0.2) is 90.1 Å². The summed E-state index contributed by atoms with van der Waals surface area (Å²) < 4.78 is 45.1. The number of hydrogen-bond acceptors (Lipinski definition) is 3. The van der Waals surface area contributed by atoms with Crippen molar-refractivity contribution in [1.82, 2.24) is 10.6 Å². The average molecular weight is 481 g/mol. The zero-order chi connectivity index (χ0) is 25.0. The summed E-state index contributed by atoms with van der Waals surface area (Å²) in [6, 6.07) is 19.5. The highest BCUT2D eigenvalue weighted by molar-refractivity contribution is 6.06. The zero-order valence-corrected chi connectivity index (χ0v) is 18.6. The molecule has 1 unspecified atom stereocenters. The molecule has 9 heteroatoms. The fourth-order valence-electron chi connectivity index (χ4n) is 3.74. The third-order valence-electron chi connectivity index (χ3n) is 5.40. The van der Waals surface area contributed by atoms with Crippen molar-refractivity contribution in [3.63, 3.8) is 0 Å². The Kier molecular flexibility index (Phi) is 6.77. The van der Waals surface area contributed by atoms with Gasteiger partial charge in [0, 0.05) is 11.4 Å². The fourth-order valence-corrected chi connectivity index (χ4v) is 3.74. The molecule has 4 rings (SSSR count). The zero-order valence-electron chi connectivity index (χ0n) is 18.6. The molecule has 1 heterocycles. The molecule has 0 saturated heterocycles. The number of halogens is 3. The van der Waals surface area contributed by atoms with Crippen molar-refractivity contribution in [1.29, 1.82) is 0 Å². The molecule has 0 fully saturated rings. The van der Waals surface area contributed by atoms with Crippen LogP contribution in [0.2, 0.25) is 0 Å². The maximum atomic E-state index is 13.2. The number of carbonyl (C=O) groups is 2. The maximum Gasteiger partial charge on any atom is 0.416 e. The lowest BCUT2D eigenvalue weighted by atomic mass is 9.94. The molecule has 0 aliphatic carbocycles. The number of anilines is 1. The van der Waals surface area contributed by atoms with Crippen molar-refractivity contribution < 1.29 is 27.5 Å². The van der Waals surface area contributed by atoms with E-state index in [4.69, 9.17) is 4.74 Å². The minimum absolute atomic E-state index is 0.0132. The van der Waals surface area contributed by atoms with Gasteiger partial charge in [0.25, 0.3) is 5.91 Å². The van der Waals surface area contributed by atoms with Gasteiger partial charge < -0.3 is 20.7 Å². The lowest BCUT2D eigenvalue weighted by Crippen LogP contribution is -2.46. The summed E-state index contributed by atoms with van der Waals surface area (Å²) in [6.45, 7) is 1.89. The third kappa shape index (κ3) is 5.81. The predicted octanol–water partition coefficient (Wildman–Crippen LogP) is 5.55. The summed E-state index contributed by atoms with van der Waals surface area (Å²) in [6.07, 6.45) is -4.54. The van der Waals surface area contributed by atoms with Gasteiger partial charge >= 0.3 is 12.2 Å². The molecule has 1 aliphatic heterocycles. The molecule has 3 amide bonds. The van der Waals surface area contributed by atoms with Crippen LogP contribution in [-0.4, -0.2) is 11.9 Å². The molecule has 1 atom stereocenters. The van der Waals surface area contributed by atoms with Gasteiger partial charge in [-0.2, -0.15) is 13.2 Å². The quantitative estimate of drug-likeness (QED) is 0.432. The number of alkyl halides is 3. The van der Waals surface area contributed by atoms with Gasteiger partial charge in [-0.15, -0.1) is 0 Å². The predicted molar refractivity (Wildman–Crippen MR) is 124 cm³/mol. The van der Waals surface area contributed by atoms with Gasteiger partial charge in [0.2, 0.25) is 0 Å². The first kappa shape index (κ1) is 23.9. The summed E-state index contributed by atoms with van der Waals surface area (Å²) in [5, 5.41) is 7.77. The molecule has 3 N–H and O–H groups in total. The van der Waals surface area contributed by atoms with Crippen LogP contribution in [0.4, 0.5) is 23.7 Å². The van der Waals surface area contributed by atoms with E-state index in [1.54, 1.807) is 31.2 Å². The van der Waals surface area contributed by atoms with E-state index in [2.05, 4.69) is 16.0 Å². The Morgan fingerprint density at radius 2 is 1.74 bits per heavy atom. The highest BCUT2D eigenvalue weighted by Crippen LogP contribution is 2.32. The normalized spacial score (nSPS) is 15.8. The van der Waals surface area contributed by atoms with E-state index in [-0.39, 0.29) is 11.3 Å². The van der Waals surface area contributed by atoms with Crippen LogP contribution in [0.3, 0.4) is 0 Å². The van der Waals surface area contributed by atoms with Crippen molar-refractivity contribution in [2.45, 2.75) is 25.7 Å². The minimum Gasteiger partial charge on any atom is -0.489 e. The summed E-state index contributed by atoms with van der Waals surface area (Å²) in [5.74, 6) is -0.107. The number of nitrogens with one attached hydrogen (secondary N) is 3. The molecule has 0 spiro atoms. The fraction of sp³-hybridized carbons (Fsp3) is 0.154. The lowest BCUT2D eigenvalue weighted by Gasteiger charge is -2.29. The summed E-state index contributed by atoms with van der Waals surface area (Å²) in [7, 11) is 0. The second-order valence-corrected chi connectivity index (χ2v) is 7.95.